The van der Waals surface area contributed by atoms with E-state index >= 15 is 0 Å². The number of aromatic nitrogens is 2. The van der Waals surface area contributed by atoms with E-state index in [0.717, 1.165) is 22.0 Å². The molecule has 0 atom stereocenters. The van der Waals surface area contributed by atoms with Gasteiger partial charge >= 0.3 is 5.69 Å². The molecule has 1 aromatic heterocycles. The number of benzene rings is 3. The van der Waals surface area contributed by atoms with Crippen LogP contribution in [0, 0.1) is 10.1 Å². The Labute approximate surface area is 171 Å². The van der Waals surface area contributed by atoms with Crippen LogP contribution in [-0.4, -0.2) is 14.9 Å². The van der Waals surface area contributed by atoms with Crippen molar-refractivity contribution in [2.24, 2.45) is 0 Å². The number of nitrogens with one attached hydrogen (secondary N) is 2. The van der Waals surface area contributed by atoms with E-state index in [1.54, 1.807) is 12.1 Å². The molecule has 1 heterocycles. The molecule has 8 heteroatoms. The lowest BCUT2D eigenvalue weighted by Gasteiger charge is -2.12. The first kappa shape index (κ1) is 18.6. The Morgan fingerprint density at radius 2 is 1.66 bits per heavy atom. The average molecular weight is 406 g/mol. The van der Waals surface area contributed by atoms with Gasteiger partial charge < -0.3 is 10.6 Å². The number of halogens is 1. The number of nitro groups is 1. The molecule has 7 nitrogen and oxygen atoms in total. The van der Waals surface area contributed by atoms with E-state index in [-0.39, 0.29) is 17.3 Å². The first-order valence-corrected chi connectivity index (χ1v) is 9.22. The quantitative estimate of drug-likeness (QED) is 0.323. The van der Waals surface area contributed by atoms with Crippen LogP contribution in [0.2, 0.25) is 5.02 Å². The Morgan fingerprint density at radius 3 is 2.45 bits per heavy atom. The van der Waals surface area contributed by atoms with Crippen molar-refractivity contribution in [2.45, 2.75) is 6.54 Å². The van der Waals surface area contributed by atoms with Gasteiger partial charge in [0.15, 0.2) is 0 Å². The summed E-state index contributed by atoms with van der Waals surface area (Å²) < 4.78 is 0. The maximum Gasteiger partial charge on any atom is 0.353 e. The zero-order valence-electron chi connectivity index (χ0n) is 15.2. The highest BCUT2D eigenvalue weighted by Gasteiger charge is 2.23. The molecule has 2 N–H and O–H groups in total. The summed E-state index contributed by atoms with van der Waals surface area (Å²) in [5.74, 6) is 0.266. The van der Waals surface area contributed by atoms with E-state index in [2.05, 4.69) is 20.6 Å². The molecule has 0 aliphatic rings. The number of nitrogens with zero attached hydrogens (tertiary/aromatic N) is 3. The van der Waals surface area contributed by atoms with Gasteiger partial charge in [0, 0.05) is 22.6 Å². The van der Waals surface area contributed by atoms with E-state index in [0.29, 0.717) is 11.6 Å². The Balaban J connectivity index is 1.66. The fourth-order valence-electron chi connectivity index (χ4n) is 3.02. The SMILES string of the molecule is O=[N+]([O-])c1c(NCc2ccc(Cl)cc2)ncnc1Nc1cccc2ccccc12. The van der Waals surface area contributed by atoms with Gasteiger partial charge in [0.25, 0.3) is 0 Å². The lowest BCUT2D eigenvalue weighted by Crippen LogP contribution is -2.08. The molecule has 0 bridgehead atoms. The average Bonchev–Trinajstić information content (AvgIpc) is 2.73. The normalized spacial score (nSPS) is 10.7. The smallest absolute Gasteiger partial charge is 0.353 e. The molecule has 0 aliphatic heterocycles. The largest absolute Gasteiger partial charge is 0.360 e. The summed E-state index contributed by atoms with van der Waals surface area (Å²) in [5.41, 5.74) is 1.44. The molecule has 0 amide bonds. The van der Waals surface area contributed by atoms with Gasteiger partial charge in [-0.1, -0.05) is 60.1 Å². The second-order valence-electron chi connectivity index (χ2n) is 6.31. The van der Waals surface area contributed by atoms with Crippen LogP contribution < -0.4 is 10.6 Å². The highest BCUT2D eigenvalue weighted by atomic mass is 35.5. The molecule has 0 spiro atoms. The molecule has 0 saturated carbocycles. The number of fused-ring (bicyclic) bond motifs is 1. The van der Waals surface area contributed by atoms with Gasteiger partial charge in [0.2, 0.25) is 11.6 Å². The van der Waals surface area contributed by atoms with Crippen molar-refractivity contribution in [1.29, 1.82) is 0 Å². The summed E-state index contributed by atoms with van der Waals surface area (Å²) >= 11 is 5.90. The van der Waals surface area contributed by atoms with Crippen LogP contribution in [0.4, 0.5) is 23.0 Å². The fourth-order valence-corrected chi connectivity index (χ4v) is 3.15. The maximum absolute atomic E-state index is 11.8. The highest BCUT2D eigenvalue weighted by molar-refractivity contribution is 6.30. The van der Waals surface area contributed by atoms with Crippen LogP contribution in [0.15, 0.2) is 73.1 Å². The van der Waals surface area contributed by atoms with Crippen molar-refractivity contribution in [3.63, 3.8) is 0 Å². The Bertz CT molecular complexity index is 1180. The van der Waals surface area contributed by atoms with Crippen LogP contribution in [0.1, 0.15) is 5.56 Å². The molecule has 0 fully saturated rings. The Morgan fingerprint density at radius 1 is 0.931 bits per heavy atom. The number of hydrogen-bond donors (Lipinski definition) is 2. The summed E-state index contributed by atoms with van der Waals surface area (Å²) in [6.45, 7) is 0.364. The summed E-state index contributed by atoms with van der Waals surface area (Å²) in [6, 6.07) is 20.7. The van der Waals surface area contributed by atoms with Gasteiger partial charge in [-0.05, 0) is 29.1 Å². The van der Waals surface area contributed by atoms with Crippen molar-refractivity contribution in [2.75, 3.05) is 10.6 Å². The van der Waals surface area contributed by atoms with E-state index < -0.39 is 4.92 Å². The number of hydrogen-bond acceptors (Lipinski definition) is 6. The predicted molar refractivity (Wildman–Crippen MR) is 115 cm³/mol. The third-order valence-corrected chi connectivity index (χ3v) is 4.67. The first-order chi connectivity index (χ1) is 14.1. The van der Waals surface area contributed by atoms with Crippen LogP contribution in [0.3, 0.4) is 0 Å². The molecule has 0 radical (unpaired) electrons. The summed E-state index contributed by atoms with van der Waals surface area (Å²) in [6.07, 6.45) is 1.30. The van der Waals surface area contributed by atoms with Crippen molar-refractivity contribution in [3.8, 4) is 0 Å². The van der Waals surface area contributed by atoms with E-state index in [1.807, 2.05) is 54.6 Å². The minimum atomic E-state index is -0.488. The zero-order chi connectivity index (χ0) is 20.2. The topological polar surface area (TPSA) is 93.0 Å². The Hall–Kier alpha value is -3.71. The van der Waals surface area contributed by atoms with Crippen LogP contribution in [0.25, 0.3) is 10.8 Å². The third-order valence-electron chi connectivity index (χ3n) is 4.42. The van der Waals surface area contributed by atoms with Crippen molar-refractivity contribution in [3.05, 3.63) is 93.8 Å². The maximum atomic E-state index is 11.8. The summed E-state index contributed by atoms with van der Waals surface area (Å²) in [5, 5.41) is 20.5. The number of rotatable bonds is 6. The van der Waals surface area contributed by atoms with Crippen molar-refractivity contribution in [1.82, 2.24) is 9.97 Å². The van der Waals surface area contributed by atoms with Gasteiger partial charge in [-0.15, -0.1) is 0 Å². The molecule has 4 rings (SSSR count). The van der Waals surface area contributed by atoms with Gasteiger partial charge in [0.05, 0.1) is 4.92 Å². The molecule has 0 saturated heterocycles. The summed E-state index contributed by atoms with van der Waals surface area (Å²) in [7, 11) is 0. The molecule has 4 aromatic rings. The molecule has 3 aromatic carbocycles. The second kappa shape index (κ2) is 8.12. The predicted octanol–water partition coefficient (Wildman–Crippen LogP) is 5.55. The minimum absolute atomic E-state index is 0.125. The fraction of sp³-hybridized carbons (Fsp3) is 0.0476. The van der Waals surface area contributed by atoms with Gasteiger partial charge in [-0.25, -0.2) is 9.97 Å². The lowest BCUT2D eigenvalue weighted by molar-refractivity contribution is -0.383. The molecule has 29 heavy (non-hydrogen) atoms. The van der Waals surface area contributed by atoms with Gasteiger partial charge in [0.1, 0.15) is 6.33 Å². The van der Waals surface area contributed by atoms with Gasteiger partial charge in [-0.2, -0.15) is 0 Å². The lowest BCUT2D eigenvalue weighted by atomic mass is 10.1. The standard InChI is InChI=1S/C21H16ClN5O2/c22-16-10-8-14(9-11-16)12-23-20-19(27(28)29)21(25-13-24-20)26-18-7-3-5-15-4-1-2-6-17(15)18/h1-11,13H,12H2,(H2,23,24,25,26). The minimum Gasteiger partial charge on any atom is -0.360 e. The van der Waals surface area contributed by atoms with Gasteiger partial charge in [-0.3, -0.25) is 10.1 Å². The zero-order valence-corrected chi connectivity index (χ0v) is 15.9. The highest BCUT2D eigenvalue weighted by Crippen LogP contribution is 2.33. The Kier molecular flexibility index (Phi) is 5.22. The second-order valence-corrected chi connectivity index (χ2v) is 6.74. The van der Waals surface area contributed by atoms with E-state index in [1.165, 1.54) is 6.33 Å². The monoisotopic (exact) mass is 405 g/mol. The van der Waals surface area contributed by atoms with Crippen LogP contribution in [0.5, 0.6) is 0 Å². The molecular formula is C21H16ClN5O2. The van der Waals surface area contributed by atoms with Crippen molar-refractivity contribution >= 4 is 45.4 Å². The summed E-state index contributed by atoms with van der Waals surface area (Å²) in [4.78, 5) is 19.5. The molecule has 0 aliphatic carbocycles. The van der Waals surface area contributed by atoms with Crippen molar-refractivity contribution < 1.29 is 4.92 Å². The van der Waals surface area contributed by atoms with E-state index in [9.17, 15) is 10.1 Å². The first-order valence-electron chi connectivity index (χ1n) is 8.84. The molecular weight excluding hydrogens is 390 g/mol. The molecule has 144 valence electrons. The third kappa shape index (κ3) is 4.09. The number of anilines is 3. The van der Waals surface area contributed by atoms with Crippen LogP contribution in [-0.2, 0) is 6.54 Å². The van der Waals surface area contributed by atoms with Crippen LogP contribution >= 0.6 is 11.6 Å². The van der Waals surface area contributed by atoms with E-state index in [4.69, 9.17) is 11.6 Å². The molecule has 0 unspecified atom stereocenters.